The molecule has 0 atom stereocenters. The van der Waals surface area contributed by atoms with E-state index in [0.29, 0.717) is 5.56 Å². The van der Waals surface area contributed by atoms with Gasteiger partial charge in [-0.3, -0.25) is 0 Å². The predicted octanol–water partition coefficient (Wildman–Crippen LogP) is 3.51. The van der Waals surface area contributed by atoms with Crippen molar-refractivity contribution in [3.63, 3.8) is 0 Å². The average Bonchev–Trinajstić information content (AvgIpc) is 2.67. The predicted molar refractivity (Wildman–Crippen MR) is 96.0 cm³/mol. The Kier molecular flexibility index (Phi) is 4.68. The van der Waals surface area contributed by atoms with Crippen LogP contribution in [0.3, 0.4) is 0 Å². The van der Waals surface area contributed by atoms with E-state index in [0.717, 1.165) is 0 Å². The lowest BCUT2D eigenvalue weighted by molar-refractivity contribution is 0.0677. The van der Waals surface area contributed by atoms with Gasteiger partial charge in [-0.15, -0.1) is 0 Å². The van der Waals surface area contributed by atoms with E-state index in [1.807, 2.05) is 0 Å². The Hall–Kier alpha value is -4.00. The summed E-state index contributed by atoms with van der Waals surface area (Å²) < 4.78 is 0. The molecule has 2 aromatic carbocycles. The molecule has 0 radical (unpaired) electrons. The van der Waals surface area contributed by atoms with Gasteiger partial charge in [-0.25, -0.2) is 19.4 Å². The highest BCUT2D eigenvalue weighted by Gasteiger charge is 2.26. The second kappa shape index (κ2) is 7.09. The maximum absolute atomic E-state index is 11.9. The number of hydrogen-bond acceptors (Lipinski definition) is 4. The first-order valence-electron chi connectivity index (χ1n) is 7.80. The number of hydrogen-bond donors (Lipinski definition) is 3. The zero-order valence-corrected chi connectivity index (χ0v) is 13.8. The summed E-state index contributed by atoms with van der Waals surface area (Å²) in [4.78, 5) is 39.3. The van der Waals surface area contributed by atoms with Gasteiger partial charge < -0.3 is 15.3 Å². The Labute approximate surface area is 153 Å². The molecule has 0 aliphatic heterocycles. The highest BCUT2D eigenvalue weighted by atomic mass is 16.4. The molecule has 0 aliphatic rings. The van der Waals surface area contributed by atoms with Crippen molar-refractivity contribution in [1.82, 2.24) is 4.98 Å². The average molecular weight is 363 g/mol. The monoisotopic (exact) mass is 363 g/mol. The topological polar surface area (TPSA) is 125 Å². The second-order valence-corrected chi connectivity index (χ2v) is 5.61. The lowest BCUT2D eigenvalue weighted by Crippen LogP contribution is -2.12. The fourth-order valence-electron chi connectivity index (χ4n) is 2.79. The molecule has 134 valence electrons. The van der Waals surface area contributed by atoms with Crippen LogP contribution >= 0.6 is 0 Å². The molecule has 0 fully saturated rings. The number of nitrogens with zero attached hydrogens (tertiary/aromatic N) is 1. The third-order valence-corrected chi connectivity index (χ3v) is 3.95. The van der Waals surface area contributed by atoms with Crippen molar-refractivity contribution in [2.75, 3.05) is 0 Å². The van der Waals surface area contributed by atoms with E-state index in [4.69, 9.17) is 0 Å². The minimum atomic E-state index is -1.45. The number of benzene rings is 2. The molecule has 0 saturated carbocycles. The number of rotatable bonds is 5. The zero-order chi connectivity index (χ0) is 19.6. The Bertz CT molecular complexity index is 1020. The summed E-state index contributed by atoms with van der Waals surface area (Å²) in [6, 6.07) is 15.4. The Morgan fingerprint density at radius 3 is 1.89 bits per heavy atom. The van der Waals surface area contributed by atoms with Gasteiger partial charge in [0.1, 0.15) is 0 Å². The molecule has 0 unspecified atom stereocenters. The van der Waals surface area contributed by atoms with Crippen molar-refractivity contribution in [2.24, 2.45) is 0 Å². The van der Waals surface area contributed by atoms with Gasteiger partial charge in [0.2, 0.25) is 0 Å². The third kappa shape index (κ3) is 3.38. The SMILES string of the molecule is O=C(O)c1ccccc1-c1c(C(=O)O)cc(-c2ccccc2)nc1C(=O)O. The van der Waals surface area contributed by atoms with Crippen LogP contribution in [0.5, 0.6) is 0 Å². The number of aromatic carboxylic acids is 3. The van der Waals surface area contributed by atoms with Gasteiger partial charge in [0, 0.05) is 11.1 Å². The summed E-state index contributed by atoms with van der Waals surface area (Å²) in [5.41, 5.74) is -0.628. The van der Waals surface area contributed by atoms with Crippen LogP contribution in [0, 0.1) is 0 Å². The van der Waals surface area contributed by atoms with Gasteiger partial charge in [-0.05, 0) is 17.7 Å². The second-order valence-electron chi connectivity index (χ2n) is 5.61. The van der Waals surface area contributed by atoms with E-state index in [1.165, 1.54) is 30.3 Å². The molecule has 7 nitrogen and oxygen atoms in total. The molecule has 0 spiro atoms. The molecule has 1 aromatic heterocycles. The normalized spacial score (nSPS) is 10.4. The summed E-state index contributed by atoms with van der Waals surface area (Å²) >= 11 is 0. The van der Waals surface area contributed by atoms with Crippen LogP contribution in [0.15, 0.2) is 60.7 Å². The molecular weight excluding hydrogens is 350 g/mol. The number of carbonyl (C=O) groups is 3. The molecule has 0 aliphatic carbocycles. The van der Waals surface area contributed by atoms with Crippen molar-refractivity contribution >= 4 is 17.9 Å². The van der Waals surface area contributed by atoms with Crippen molar-refractivity contribution in [3.05, 3.63) is 77.5 Å². The first-order chi connectivity index (χ1) is 12.9. The van der Waals surface area contributed by atoms with Crippen LogP contribution in [-0.4, -0.2) is 38.2 Å². The van der Waals surface area contributed by atoms with Gasteiger partial charge in [0.15, 0.2) is 5.69 Å². The summed E-state index contributed by atoms with van der Waals surface area (Å²) in [5, 5.41) is 28.7. The molecule has 1 heterocycles. The smallest absolute Gasteiger partial charge is 0.355 e. The van der Waals surface area contributed by atoms with Crippen LogP contribution in [0.4, 0.5) is 0 Å². The first-order valence-corrected chi connectivity index (χ1v) is 7.80. The number of carboxylic acid groups (broad SMARTS) is 3. The van der Waals surface area contributed by atoms with Gasteiger partial charge in [0.05, 0.1) is 16.8 Å². The molecule has 3 aromatic rings. The number of aromatic nitrogens is 1. The number of carboxylic acids is 3. The fourth-order valence-corrected chi connectivity index (χ4v) is 2.79. The van der Waals surface area contributed by atoms with E-state index >= 15 is 0 Å². The first kappa shape index (κ1) is 17.8. The molecule has 0 bridgehead atoms. The maximum Gasteiger partial charge on any atom is 0.355 e. The van der Waals surface area contributed by atoms with Gasteiger partial charge in [0.25, 0.3) is 0 Å². The Morgan fingerprint density at radius 1 is 0.704 bits per heavy atom. The summed E-state index contributed by atoms with van der Waals surface area (Å²) in [5.74, 6) is -4.14. The Balaban J connectivity index is 2.40. The molecule has 7 heteroatoms. The van der Waals surface area contributed by atoms with Crippen LogP contribution in [0.25, 0.3) is 22.4 Å². The van der Waals surface area contributed by atoms with E-state index < -0.39 is 23.6 Å². The van der Waals surface area contributed by atoms with Crippen LogP contribution in [-0.2, 0) is 0 Å². The highest BCUT2D eigenvalue weighted by molar-refractivity contribution is 6.08. The fraction of sp³-hybridized carbons (Fsp3) is 0. The molecule has 3 N–H and O–H groups in total. The van der Waals surface area contributed by atoms with Crippen molar-refractivity contribution in [1.29, 1.82) is 0 Å². The van der Waals surface area contributed by atoms with Gasteiger partial charge >= 0.3 is 17.9 Å². The quantitative estimate of drug-likeness (QED) is 0.633. The van der Waals surface area contributed by atoms with Crippen molar-refractivity contribution in [3.8, 4) is 22.4 Å². The Morgan fingerprint density at radius 2 is 1.30 bits per heavy atom. The molecule has 0 saturated heterocycles. The highest BCUT2D eigenvalue weighted by Crippen LogP contribution is 2.33. The molecule has 0 amide bonds. The lowest BCUT2D eigenvalue weighted by atomic mass is 9.92. The summed E-state index contributed by atoms with van der Waals surface area (Å²) in [6.07, 6.45) is 0. The lowest BCUT2D eigenvalue weighted by Gasteiger charge is -2.14. The van der Waals surface area contributed by atoms with Crippen LogP contribution in [0.2, 0.25) is 0 Å². The maximum atomic E-state index is 11.9. The standard InChI is InChI=1S/C20H13NO6/c22-18(23)13-9-5-4-8-12(13)16-14(19(24)25)10-15(21-17(16)20(26)27)11-6-2-1-3-7-11/h1-10H,(H,22,23)(H,24,25)(H,26,27). The van der Waals surface area contributed by atoms with Gasteiger partial charge in [-0.1, -0.05) is 48.5 Å². The van der Waals surface area contributed by atoms with E-state index in [-0.39, 0.29) is 27.9 Å². The third-order valence-electron chi connectivity index (χ3n) is 3.95. The summed E-state index contributed by atoms with van der Waals surface area (Å²) in [6.45, 7) is 0. The van der Waals surface area contributed by atoms with Crippen molar-refractivity contribution in [2.45, 2.75) is 0 Å². The summed E-state index contributed by atoms with van der Waals surface area (Å²) in [7, 11) is 0. The molecule has 27 heavy (non-hydrogen) atoms. The van der Waals surface area contributed by atoms with Crippen LogP contribution in [0.1, 0.15) is 31.2 Å². The largest absolute Gasteiger partial charge is 0.478 e. The van der Waals surface area contributed by atoms with Crippen molar-refractivity contribution < 1.29 is 29.7 Å². The number of pyridine rings is 1. The zero-order valence-electron chi connectivity index (χ0n) is 13.8. The van der Waals surface area contributed by atoms with E-state index in [1.54, 1.807) is 30.3 Å². The minimum Gasteiger partial charge on any atom is -0.478 e. The molecule has 3 rings (SSSR count). The van der Waals surface area contributed by atoms with Crippen LogP contribution < -0.4 is 0 Å². The van der Waals surface area contributed by atoms with Gasteiger partial charge in [-0.2, -0.15) is 0 Å². The van der Waals surface area contributed by atoms with E-state index in [9.17, 15) is 29.7 Å². The minimum absolute atomic E-state index is 0.0214. The molecular formula is C20H13NO6. The van der Waals surface area contributed by atoms with E-state index in [2.05, 4.69) is 4.98 Å².